The van der Waals surface area contributed by atoms with Crippen molar-refractivity contribution in [2.24, 2.45) is 0 Å². The number of benzene rings is 1. The van der Waals surface area contributed by atoms with Gasteiger partial charge in [0.25, 0.3) is 0 Å². The van der Waals surface area contributed by atoms with Crippen LogP contribution in [0.15, 0.2) is 24.5 Å². The molecule has 2 aromatic rings. The summed E-state index contributed by atoms with van der Waals surface area (Å²) in [5.41, 5.74) is 2.75. The van der Waals surface area contributed by atoms with E-state index in [9.17, 15) is 13.2 Å². The van der Waals surface area contributed by atoms with Crippen molar-refractivity contribution < 1.29 is 13.2 Å². The summed E-state index contributed by atoms with van der Waals surface area (Å²) in [4.78, 5) is 13.4. The van der Waals surface area contributed by atoms with E-state index >= 15 is 0 Å². The highest BCUT2D eigenvalue weighted by Gasteiger charge is 2.34. The largest absolute Gasteiger partial charge is 0.418 e. The molecule has 1 aliphatic heterocycles. The topological polar surface area (TPSA) is 44.3 Å². The van der Waals surface area contributed by atoms with Crippen molar-refractivity contribution in [3.63, 3.8) is 0 Å². The van der Waals surface area contributed by atoms with Gasteiger partial charge in [0, 0.05) is 54.9 Å². The first-order valence-electron chi connectivity index (χ1n) is 10.6. The third-order valence-electron chi connectivity index (χ3n) is 5.95. The number of halogens is 3. The van der Waals surface area contributed by atoms with Gasteiger partial charge >= 0.3 is 6.18 Å². The van der Waals surface area contributed by atoms with Crippen molar-refractivity contribution in [2.45, 2.75) is 51.7 Å². The molecule has 30 heavy (non-hydrogen) atoms. The Morgan fingerprint density at radius 1 is 1.07 bits per heavy atom. The van der Waals surface area contributed by atoms with Crippen LogP contribution in [0.1, 0.15) is 49.9 Å². The molecule has 1 aliphatic carbocycles. The fraction of sp³-hybridized carbons (Fsp3) is 0.545. The predicted octanol–water partition coefficient (Wildman–Crippen LogP) is 4.69. The van der Waals surface area contributed by atoms with E-state index < -0.39 is 11.7 Å². The standard InChI is InChI=1S/C22H28F3N5/c1-14(2)28-19-12-16(5-6-17(19)22(23,24)25)29-8-10-30(11-9-29)21-20-15(3)4-7-18(20)26-13-27-21/h5-6,12-15,28H,4,7-11H2,1-3H3/t15-/m1/s1. The lowest BCUT2D eigenvalue weighted by molar-refractivity contribution is -0.136. The average molecular weight is 419 g/mol. The maximum atomic E-state index is 13.4. The van der Waals surface area contributed by atoms with Gasteiger partial charge in [-0.3, -0.25) is 0 Å². The van der Waals surface area contributed by atoms with Crippen molar-refractivity contribution in [2.75, 3.05) is 41.3 Å². The van der Waals surface area contributed by atoms with Gasteiger partial charge in [-0.05, 0) is 50.8 Å². The van der Waals surface area contributed by atoms with Gasteiger partial charge in [-0.2, -0.15) is 13.2 Å². The van der Waals surface area contributed by atoms with Gasteiger partial charge in [-0.25, -0.2) is 9.97 Å². The summed E-state index contributed by atoms with van der Waals surface area (Å²) in [5, 5.41) is 2.95. The Kier molecular flexibility index (Phi) is 5.51. The van der Waals surface area contributed by atoms with E-state index in [0.717, 1.165) is 56.2 Å². The first kappa shape index (κ1) is 20.8. The molecule has 4 rings (SSSR count). The van der Waals surface area contributed by atoms with Gasteiger partial charge in [0.2, 0.25) is 0 Å². The van der Waals surface area contributed by atoms with Crippen molar-refractivity contribution in [3.05, 3.63) is 41.3 Å². The Bertz CT molecular complexity index is 904. The van der Waals surface area contributed by atoms with E-state index in [1.54, 1.807) is 18.5 Å². The normalized spacial score (nSPS) is 19.4. The molecule has 162 valence electrons. The summed E-state index contributed by atoms with van der Waals surface area (Å²) in [6, 6.07) is 4.31. The Balaban J connectivity index is 1.52. The quantitative estimate of drug-likeness (QED) is 0.779. The molecule has 1 fully saturated rings. The first-order chi connectivity index (χ1) is 14.2. The van der Waals surface area contributed by atoms with Crippen LogP contribution in [0.5, 0.6) is 0 Å². The zero-order valence-corrected chi connectivity index (χ0v) is 17.6. The Morgan fingerprint density at radius 3 is 2.43 bits per heavy atom. The van der Waals surface area contributed by atoms with Gasteiger partial charge in [-0.15, -0.1) is 0 Å². The van der Waals surface area contributed by atoms with Crippen molar-refractivity contribution in [1.82, 2.24) is 9.97 Å². The highest BCUT2D eigenvalue weighted by Crippen LogP contribution is 2.39. The Morgan fingerprint density at radius 2 is 1.77 bits per heavy atom. The van der Waals surface area contributed by atoms with E-state index in [0.29, 0.717) is 5.92 Å². The Hall–Kier alpha value is -2.51. The number of rotatable bonds is 4. The summed E-state index contributed by atoms with van der Waals surface area (Å²) in [6.07, 6.45) is -0.613. The molecule has 1 atom stereocenters. The molecule has 1 aromatic heterocycles. The molecule has 5 nitrogen and oxygen atoms in total. The summed E-state index contributed by atoms with van der Waals surface area (Å²) < 4.78 is 40.1. The summed E-state index contributed by atoms with van der Waals surface area (Å²) in [7, 11) is 0. The van der Waals surface area contributed by atoms with Crippen LogP contribution >= 0.6 is 0 Å². The van der Waals surface area contributed by atoms with Crippen LogP contribution < -0.4 is 15.1 Å². The molecular formula is C22H28F3N5. The molecule has 2 heterocycles. The van der Waals surface area contributed by atoms with E-state index in [1.807, 2.05) is 13.8 Å². The molecule has 0 radical (unpaired) electrons. The van der Waals surface area contributed by atoms with Crippen LogP contribution in [0.4, 0.5) is 30.4 Å². The number of nitrogens with zero attached hydrogens (tertiary/aromatic N) is 4. The van der Waals surface area contributed by atoms with Gasteiger partial charge in [-0.1, -0.05) is 6.92 Å². The lowest BCUT2D eigenvalue weighted by Crippen LogP contribution is -2.47. The summed E-state index contributed by atoms with van der Waals surface area (Å²) in [5.74, 6) is 1.49. The second-order valence-electron chi connectivity index (χ2n) is 8.50. The third kappa shape index (κ3) is 4.04. The zero-order chi connectivity index (χ0) is 21.5. The molecule has 2 aliphatic rings. The highest BCUT2D eigenvalue weighted by molar-refractivity contribution is 5.64. The zero-order valence-electron chi connectivity index (χ0n) is 17.6. The fourth-order valence-corrected chi connectivity index (χ4v) is 4.46. The number of hydrogen-bond acceptors (Lipinski definition) is 5. The minimum atomic E-state index is -4.38. The van der Waals surface area contributed by atoms with E-state index in [4.69, 9.17) is 0 Å². The molecule has 0 saturated carbocycles. The summed E-state index contributed by atoms with van der Waals surface area (Å²) in [6.45, 7) is 8.94. The van der Waals surface area contributed by atoms with E-state index in [1.165, 1.54) is 11.6 Å². The number of anilines is 3. The lowest BCUT2D eigenvalue weighted by Gasteiger charge is -2.38. The fourth-order valence-electron chi connectivity index (χ4n) is 4.46. The number of aryl methyl sites for hydroxylation is 1. The van der Waals surface area contributed by atoms with Crippen molar-refractivity contribution in [1.29, 1.82) is 0 Å². The molecule has 1 aromatic carbocycles. The molecule has 0 amide bonds. The first-order valence-corrected chi connectivity index (χ1v) is 10.6. The number of fused-ring (bicyclic) bond motifs is 1. The monoisotopic (exact) mass is 419 g/mol. The molecule has 1 saturated heterocycles. The summed E-state index contributed by atoms with van der Waals surface area (Å²) >= 11 is 0. The Labute approximate surface area is 175 Å². The van der Waals surface area contributed by atoms with Crippen molar-refractivity contribution in [3.8, 4) is 0 Å². The van der Waals surface area contributed by atoms with Gasteiger partial charge in [0.05, 0.1) is 5.56 Å². The van der Waals surface area contributed by atoms with Crippen LogP contribution in [-0.2, 0) is 12.6 Å². The van der Waals surface area contributed by atoms with Crippen molar-refractivity contribution >= 4 is 17.2 Å². The number of nitrogens with one attached hydrogen (secondary N) is 1. The van der Waals surface area contributed by atoms with E-state index in [2.05, 4.69) is 32.0 Å². The van der Waals surface area contributed by atoms with Crippen LogP contribution in [0, 0.1) is 0 Å². The number of aromatic nitrogens is 2. The number of hydrogen-bond donors (Lipinski definition) is 1. The minimum absolute atomic E-state index is 0.0833. The molecule has 0 spiro atoms. The maximum absolute atomic E-state index is 13.4. The van der Waals surface area contributed by atoms with Gasteiger partial charge < -0.3 is 15.1 Å². The molecule has 0 bridgehead atoms. The van der Waals surface area contributed by atoms with Crippen LogP contribution in [0.3, 0.4) is 0 Å². The molecular weight excluding hydrogens is 391 g/mol. The van der Waals surface area contributed by atoms with E-state index in [-0.39, 0.29) is 11.7 Å². The number of alkyl halides is 3. The predicted molar refractivity (Wildman–Crippen MR) is 113 cm³/mol. The minimum Gasteiger partial charge on any atom is -0.382 e. The highest BCUT2D eigenvalue weighted by atomic mass is 19.4. The molecule has 8 heteroatoms. The van der Waals surface area contributed by atoms with Crippen LogP contribution in [0.2, 0.25) is 0 Å². The van der Waals surface area contributed by atoms with Crippen LogP contribution in [-0.4, -0.2) is 42.2 Å². The second kappa shape index (κ2) is 7.96. The molecule has 1 N–H and O–H groups in total. The number of piperazine rings is 1. The maximum Gasteiger partial charge on any atom is 0.418 e. The lowest BCUT2D eigenvalue weighted by atomic mass is 10.1. The smallest absolute Gasteiger partial charge is 0.382 e. The van der Waals surface area contributed by atoms with Crippen LogP contribution in [0.25, 0.3) is 0 Å². The second-order valence-corrected chi connectivity index (χ2v) is 8.50. The van der Waals surface area contributed by atoms with Gasteiger partial charge in [0.1, 0.15) is 12.1 Å². The third-order valence-corrected chi connectivity index (χ3v) is 5.95. The SMILES string of the molecule is CC(C)Nc1cc(N2CCN(c3ncnc4c3[C@H](C)CC4)CC2)ccc1C(F)(F)F. The molecule has 0 unspecified atom stereocenters. The van der Waals surface area contributed by atoms with Gasteiger partial charge in [0.15, 0.2) is 0 Å². The average Bonchev–Trinajstić information content (AvgIpc) is 3.08.